The molecule has 0 spiro atoms. The molecule has 1 aromatic heterocycles. The molecule has 0 saturated carbocycles. The molecule has 0 aliphatic heterocycles. The lowest BCUT2D eigenvalue weighted by molar-refractivity contribution is 0.516. The van der Waals surface area contributed by atoms with Gasteiger partial charge in [-0.2, -0.15) is 0 Å². The highest BCUT2D eigenvalue weighted by atomic mass is 16.1. The lowest BCUT2D eigenvalue weighted by Crippen LogP contribution is -2.23. The fourth-order valence-electron chi connectivity index (χ4n) is 1.10. The van der Waals surface area contributed by atoms with Crippen LogP contribution in [0.2, 0.25) is 0 Å². The largest absolute Gasteiger partial charge is 0.385 e. The van der Waals surface area contributed by atoms with E-state index in [2.05, 4.69) is 13.8 Å². The van der Waals surface area contributed by atoms with Crippen LogP contribution in [0, 0.1) is 5.92 Å². The molecular formula is C9H14N2O. The number of nitrogen functional groups attached to an aromatic ring is 1. The summed E-state index contributed by atoms with van der Waals surface area (Å²) in [7, 11) is 0. The molecule has 0 atom stereocenters. The number of nitrogens with two attached hydrogens (primary N) is 1. The summed E-state index contributed by atoms with van der Waals surface area (Å²) in [5, 5.41) is 0. The Hall–Kier alpha value is -1.25. The molecule has 1 heterocycles. The van der Waals surface area contributed by atoms with Gasteiger partial charge in [0, 0.05) is 12.6 Å². The van der Waals surface area contributed by atoms with Crippen molar-refractivity contribution >= 4 is 5.82 Å². The molecular weight excluding hydrogens is 152 g/mol. The Morgan fingerprint density at radius 1 is 1.50 bits per heavy atom. The summed E-state index contributed by atoms with van der Waals surface area (Å²) in [6, 6.07) is 4.94. The molecule has 12 heavy (non-hydrogen) atoms. The normalized spacial score (nSPS) is 10.6. The molecule has 0 bridgehead atoms. The van der Waals surface area contributed by atoms with E-state index in [1.54, 1.807) is 16.7 Å². The number of hydrogen-bond acceptors (Lipinski definition) is 2. The van der Waals surface area contributed by atoms with E-state index in [1.807, 2.05) is 0 Å². The van der Waals surface area contributed by atoms with Gasteiger partial charge >= 0.3 is 0 Å². The highest BCUT2D eigenvalue weighted by Gasteiger charge is 2.01. The number of rotatable bonds is 2. The minimum Gasteiger partial charge on any atom is -0.385 e. The van der Waals surface area contributed by atoms with Gasteiger partial charge in [-0.1, -0.05) is 19.9 Å². The van der Waals surface area contributed by atoms with E-state index in [0.717, 1.165) is 0 Å². The summed E-state index contributed by atoms with van der Waals surface area (Å²) < 4.78 is 1.59. The number of anilines is 1. The van der Waals surface area contributed by atoms with Gasteiger partial charge in [0.15, 0.2) is 0 Å². The van der Waals surface area contributed by atoms with E-state index in [1.165, 1.54) is 6.07 Å². The Morgan fingerprint density at radius 2 is 2.17 bits per heavy atom. The zero-order valence-corrected chi connectivity index (χ0v) is 7.45. The van der Waals surface area contributed by atoms with Crippen molar-refractivity contribution in [3.05, 3.63) is 28.6 Å². The number of hydrogen-bond donors (Lipinski definition) is 1. The van der Waals surface area contributed by atoms with Crippen LogP contribution < -0.4 is 11.3 Å². The molecule has 66 valence electrons. The molecule has 0 aliphatic rings. The van der Waals surface area contributed by atoms with Gasteiger partial charge in [0.05, 0.1) is 0 Å². The maximum Gasteiger partial charge on any atom is 0.252 e. The van der Waals surface area contributed by atoms with Crippen molar-refractivity contribution in [1.82, 2.24) is 4.57 Å². The zero-order chi connectivity index (χ0) is 9.14. The molecule has 1 rings (SSSR count). The molecule has 0 unspecified atom stereocenters. The molecule has 0 aliphatic carbocycles. The van der Waals surface area contributed by atoms with Gasteiger partial charge < -0.3 is 5.73 Å². The number of aromatic nitrogens is 1. The van der Waals surface area contributed by atoms with E-state index >= 15 is 0 Å². The van der Waals surface area contributed by atoms with Crippen molar-refractivity contribution in [3.8, 4) is 0 Å². The van der Waals surface area contributed by atoms with E-state index in [4.69, 9.17) is 5.73 Å². The molecule has 0 radical (unpaired) electrons. The van der Waals surface area contributed by atoms with Crippen LogP contribution in [0.25, 0.3) is 0 Å². The first-order valence-corrected chi connectivity index (χ1v) is 4.06. The Kier molecular flexibility index (Phi) is 2.53. The summed E-state index contributed by atoms with van der Waals surface area (Å²) in [6.07, 6.45) is 0. The van der Waals surface area contributed by atoms with Crippen molar-refractivity contribution in [2.45, 2.75) is 20.4 Å². The Morgan fingerprint density at radius 3 is 2.67 bits per heavy atom. The average molecular weight is 166 g/mol. The quantitative estimate of drug-likeness (QED) is 0.714. The van der Waals surface area contributed by atoms with Gasteiger partial charge in [0.25, 0.3) is 5.56 Å². The summed E-state index contributed by atoms with van der Waals surface area (Å²) in [6.45, 7) is 4.79. The van der Waals surface area contributed by atoms with Crippen LogP contribution >= 0.6 is 0 Å². The highest BCUT2D eigenvalue weighted by Crippen LogP contribution is 2.02. The van der Waals surface area contributed by atoms with Crippen LogP contribution in [-0.4, -0.2) is 4.57 Å². The van der Waals surface area contributed by atoms with E-state index in [9.17, 15) is 4.79 Å². The fraction of sp³-hybridized carbons (Fsp3) is 0.444. The maximum absolute atomic E-state index is 11.3. The second-order valence-corrected chi connectivity index (χ2v) is 3.29. The smallest absolute Gasteiger partial charge is 0.252 e. The van der Waals surface area contributed by atoms with Crippen LogP contribution in [0.3, 0.4) is 0 Å². The third-order valence-electron chi connectivity index (χ3n) is 1.63. The average Bonchev–Trinajstić information content (AvgIpc) is 1.97. The van der Waals surface area contributed by atoms with Gasteiger partial charge in [-0.3, -0.25) is 9.36 Å². The molecule has 2 N–H and O–H groups in total. The van der Waals surface area contributed by atoms with Crippen molar-refractivity contribution < 1.29 is 0 Å². The second kappa shape index (κ2) is 3.43. The van der Waals surface area contributed by atoms with Gasteiger partial charge in [-0.15, -0.1) is 0 Å². The molecule has 0 aromatic carbocycles. The molecule has 0 fully saturated rings. The number of pyridine rings is 1. The van der Waals surface area contributed by atoms with Crippen molar-refractivity contribution in [2.75, 3.05) is 5.73 Å². The maximum atomic E-state index is 11.3. The van der Waals surface area contributed by atoms with E-state index < -0.39 is 0 Å². The lowest BCUT2D eigenvalue weighted by Gasteiger charge is -2.10. The monoisotopic (exact) mass is 166 g/mol. The summed E-state index contributed by atoms with van der Waals surface area (Å²) in [5.41, 5.74) is 5.61. The summed E-state index contributed by atoms with van der Waals surface area (Å²) in [5.74, 6) is 0.976. The van der Waals surface area contributed by atoms with Crippen LogP contribution in [0.1, 0.15) is 13.8 Å². The predicted molar refractivity (Wildman–Crippen MR) is 50.0 cm³/mol. The van der Waals surface area contributed by atoms with Crippen LogP contribution in [0.15, 0.2) is 23.0 Å². The van der Waals surface area contributed by atoms with Crippen molar-refractivity contribution in [3.63, 3.8) is 0 Å². The molecule has 0 saturated heterocycles. The molecule has 0 amide bonds. The summed E-state index contributed by atoms with van der Waals surface area (Å²) in [4.78, 5) is 11.3. The predicted octanol–water partition coefficient (Wildman–Crippen LogP) is 1.09. The van der Waals surface area contributed by atoms with Gasteiger partial charge in [-0.25, -0.2) is 0 Å². The Bertz CT molecular complexity index is 315. The lowest BCUT2D eigenvalue weighted by atomic mass is 10.2. The second-order valence-electron chi connectivity index (χ2n) is 3.29. The van der Waals surface area contributed by atoms with Gasteiger partial charge in [0.2, 0.25) is 0 Å². The first-order chi connectivity index (χ1) is 5.61. The molecule has 3 nitrogen and oxygen atoms in total. The van der Waals surface area contributed by atoms with Crippen LogP contribution in [-0.2, 0) is 6.54 Å². The first-order valence-electron chi connectivity index (χ1n) is 4.06. The first kappa shape index (κ1) is 8.84. The van der Waals surface area contributed by atoms with E-state index in [0.29, 0.717) is 18.3 Å². The number of nitrogens with zero attached hydrogens (tertiary/aromatic N) is 1. The molecule has 3 heteroatoms. The minimum absolute atomic E-state index is 0.0244. The Balaban J connectivity index is 3.05. The third-order valence-corrected chi connectivity index (χ3v) is 1.63. The minimum atomic E-state index is -0.0244. The highest BCUT2D eigenvalue weighted by molar-refractivity contribution is 5.28. The van der Waals surface area contributed by atoms with Gasteiger partial charge in [0.1, 0.15) is 5.82 Å². The van der Waals surface area contributed by atoms with Gasteiger partial charge in [-0.05, 0) is 12.0 Å². The van der Waals surface area contributed by atoms with E-state index in [-0.39, 0.29) is 5.56 Å². The Labute approximate surface area is 71.8 Å². The van der Waals surface area contributed by atoms with Crippen LogP contribution in [0.4, 0.5) is 5.82 Å². The topological polar surface area (TPSA) is 48.0 Å². The standard InChI is InChI=1S/C9H14N2O/c1-7(2)6-11-8(10)4-3-5-9(11)12/h3-5,7H,6,10H2,1-2H3. The molecule has 1 aromatic rings. The fourth-order valence-corrected chi connectivity index (χ4v) is 1.10. The van der Waals surface area contributed by atoms with Crippen molar-refractivity contribution in [1.29, 1.82) is 0 Å². The van der Waals surface area contributed by atoms with Crippen molar-refractivity contribution in [2.24, 2.45) is 5.92 Å². The third kappa shape index (κ3) is 1.87. The zero-order valence-electron chi connectivity index (χ0n) is 7.45. The SMILES string of the molecule is CC(C)Cn1c(N)cccc1=O. The summed E-state index contributed by atoms with van der Waals surface area (Å²) >= 11 is 0. The van der Waals surface area contributed by atoms with Crippen LogP contribution in [0.5, 0.6) is 0 Å².